The molecule has 0 saturated carbocycles. The number of rotatable bonds is 8. The van der Waals surface area contributed by atoms with Gasteiger partial charge in [0.2, 0.25) is 15.9 Å². The highest BCUT2D eigenvalue weighted by Gasteiger charge is 2.34. The molecule has 184 valence electrons. The minimum absolute atomic E-state index is 0.0641. The molecule has 3 amide bonds. The summed E-state index contributed by atoms with van der Waals surface area (Å²) in [5.41, 5.74) is 0.866. The van der Waals surface area contributed by atoms with Crippen molar-refractivity contribution in [1.82, 2.24) is 10.2 Å². The summed E-state index contributed by atoms with van der Waals surface area (Å²) in [5.74, 6) is -0.545. The number of aliphatic imine (C=N–C) groups is 1. The van der Waals surface area contributed by atoms with Gasteiger partial charge in [-0.25, -0.2) is 23.3 Å². The van der Waals surface area contributed by atoms with Crippen molar-refractivity contribution in [3.63, 3.8) is 0 Å². The smallest absolute Gasteiger partial charge is 0.312 e. The van der Waals surface area contributed by atoms with Gasteiger partial charge in [0.25, 0.3) is 0 Å². The molecule has 11 heteroatoms. The number of allylic oxidation sites excluding steroid dienone is 3. The first-order valence-corrected chi connectivity index (χ1v) is 12.6. The number of carbonyl (C=O) groups excluding carboxylic acids is 2. The van der Waals surface area contributed by atoms with Crippen LogP contribution in [0.25, 0.3) is 0 Å². The van der Waals surface area contributed by atoms with Gasteiger partial charge in [0.05, 0.1) is 4.91 Å². The van der Waals surface area contributed by atoms with Crippen molar-refractivity contribution >= 4 is 45.5 Å². The zero-order valence-corrected chi connectivity index (χ0v) is 21.0. The molecule has 2 unspecified atom stereocenters. The number of benzene rings is 1. The van der Waals surface area contributed by atoms with Crippen molar-refractivity contribution in [3.05, 3.63) is 64.3 Å². The first-order valence-electron chi connectivity index (χ1n) is 10.7. The molecule has 34 heavy (non-hydrogen) atoms. The number of hydrogen-bond acceptors (Lipinski definition) is 5. The van der Waals surface area contributed by atoms with Crippen molar-refractivity contribution < 1.29 is 18.0 Å². The second-order valence-corrected chi connectivity index (χ2v) is 9.71. The number of carbonyl (C=O) groups is 2. The fourth-order valence-electron chi connectivity index (χ4n) is 3.44. The van der Waals surface area contributed by atoms with Crippen LogP contribution in [0, 0.1) is 5.92 Å². The molecule has 1 aliphatic rings. The van der Waals surface area contributed by atoms with E-state index in [0.29, 0.717) is 30.1 Å². The molecule has 1 fully saturated rings. The number of likely N-dealkylation sites (tertiary alicyclic amines) is 1. The van der Waals surface area contributed by atoms with E-state index in [0.717, 1.165) is 0 Å². The molecule has 2 rings (SSSR count). The Kier molecular flexibility index (Phi) is 9.60. The second-order valence-electron chi connectivity index (χ2n) is 7.74. The zero-order chi connectivity index (χ0) is 25.5. The Labute approximate surface area is 205 Å². The summed E-state index contributed by atoms with van der Waals surface area (Å²) in [6, 6.07) is 5.67. The van der Waals surface area contributed by atoms with Crippen LogP contribution in [-0.2, 0) is 14.8 Å². The van der Waals surface area contributed by atoms with Crippen molar-refractivity contribution in [2.75, 3.05) is 11.9 Å². The van der Waals surface area contributed by atoms with Crippen LogP contribution in [0.3, 0.4) is 0 Å². The lowest BCUT2D eigenvalue weighted by molar-refractivity contribution is -0.123. The molecule has 0 spiro atoms. The highest BCUT2D eigenvalue weighted by atomic mass is 35.5. The molecule has 9 nitrogen and oxygen atoms in total. The summed E-state index contributed by atoms with van der Waals surface area (Å²) in [6.45, 7) is 9.23. The summed E-state index contributed by atoms with van der Waals surface area (Å²) >= 11 is 5.87. The van der Waals surface area contributed by atoms with Crippen LogP contribution in [0.4, 0.5) is 10.5 Å². The van der Waals surface area contributed by atoms with Gasteiger partial charge in [0.1, 0.15) is 11.9 Å². The molecule has 2 atom stereocenters. The Morgan fingerprint density at radius 1 is 1.26 bits per heavy atom. The van der Waals surface area contributed by atoms with E-state index in [4.69, 9.17) is 16.7 Å². The van der Waals surface area contributed by atoms with Crippen LogP contribution in [0.15, 0.2) is 64.3 Å². The van der Waals surface area contributed by atoms with Gasteiger partial charge in [-0.05, 0) is 62.6 Å². The molecule has 1 saturated heterocycles. The Morgan fingerprint density at radius 3 is 2.47 bits per heavy atom. The third kappa shape index (κ3) is 7.28. The number of hydrogen-bond donors (Lipinski definition) is 3. The van der Waals surface area contributed by atoms with Crippen molar-refractivity contribution in [1.29, 1.82) is 0 Å². The van der Waals surface area contributed by atoms with E-state index >= 15 is 0 Å². The van der Waals surface area contributed by atoms with Gasteiger partial charge in [0, 0.05) is 29.4 Å². The average molecular weight is 508 g/mol. The quantitative estimate of drug-likeness (QED) is 0.364. The highest BCUT2D eigenvalue weighted by molar-refractivity contribution is 7.93. The van der Waals surface area contributed by atoms with Crippen LogP contribution in [0.2, 0.25) is 5.02 Å². The number of urea groups is 1. The molecule has 1 aliphatic heterocycles. The van der Waals surface area contributed by atoms with E-state index in [1.165, 1.54) is 17.2 Å². The van der Waals surface area contributed by atoms with Gasteiger partial charge in [-0.1, -0.05) is 31.2 Å². The maximum atomic E-state index is 12.9. The van der Waals surface area contributed by atoms with Crippen molar-refractivity contribution in [2.45, 2.75) is 39.7 Å². The Bertz CT molecular complexity index is 1130. The van der Waals surface area contributed by atoms with Gasteiger partial charge in [-0.3, -0.25) is 4.79 Å². The Balaban J connectivity index is 2.03. The normalized spacial score (nSPS) is 18.1. The molecule has 0 radical (unpaired) electrons. The monoisotopic (exact) mass is 507 g/mol. The molecule has 1 aromatic carbocycles. The average Bonchev–Trinajstić information content (AvgIpc) is 3.27. The minimum Gasteiger partial charge on any atom is -0.312 e. The predicted octanol–water partition coefficient (Wildman–Crippen LogP) is 3.77. The van der Waals surface area contributed by atoms with Crippen LogP contribution in [0.1, 0.15) is 33.6 Å². The number of amides is 3. The predicted molar refractivity (Wildman–Crippen MR) is 136 cm³/mol. The number of primary sulfonamides is 1. The van der Waals surface area contributed by atoms with E-state index < -0.39 is 22.0 Å². The van der Waals surface area contributed by atoms with Crippen LogP contribution in [0.5, 0.6) is 0 Å². The first kappa shape index (κ1) is 27.3. The number of nitrogens with two attached hydrogens (primary N) is 1. The van der Waals surface area contributed by atoms with Crippen LogP contribution >= 0.6 is 11.6 Å². The lowest BCUT2D eigenvalue weighted by Crippen LogP contribution is -2.47. The van der Waals surface area contributed by atoms with Gasteiger partial charge < -0.3 is 15.5 Å². The SMILES string of the molecule is C=C(/C(=C\C)S(N)(=O)=O)C(C)/C=N\C(=C/C)NC(=O)C1CCCN1C(=O)Nc1ccc(Cl)cc1. The first-order chi connectivity index (χ1) is 16.0. The van der Waals surface area contributed by atoms with Crippen LogP contribution < -0.4 is 15.8 Å². The summed E-state index contributed by atoms with van der Waals surface area (Å²) in [4.78, 5) is 31.3. The van der Waals surface area contributed by atoms with Gasteiger partial charge >= 0.3 is 6.03 Å². The molecule has 1 aromatic rings. The largest absolute Gasteiger partial charge is 0.322 e. The third-order valence-electron chi connectivity index (χ3n) is 5.31. The second kappa shape index (κ2) is 12.0. The zero-order valence-electron chi connectivity index (χ0n) is 19.4. The van der Waals surface area contributed by atoms with Crippen molar-refractivity contribution in [3.8, 4) is 0 Å². The highest BCUT2D eigenvalue weighted by Crippen LogP contribution is 2.22. The van der Waals surface area contributed by atoms with E-state index in [1.807, 2.05) is 0 Å². The third-order valence-corrected chi connectivity index (χ3v) is 6.67. The summed E-state index contributed by atoms with van der Waals surface area (Å²) in [7, 11) is -3.91. The molecule has 4 N–H and O–H groups in total. The summed E-state index contributed by atoms with van der Waals surface area (Å²) in [6.07, 6.45) is 5.67. The number of nitrogens with zero attached hydrogens (tertiary/aromatic N) is 2. The fourth-order valence-corrected chi connectivity index (χ4v) is 4.44. The number of sulfonamides is 1. The van der Waals surface area contributed by atoms with Gasteiger partial charge in [-0.2, -0.15) is 0 Å². The topological polar surface area (TPSA) is 134 Å². The summed E-state index contributed by atoms with van der Waals surface area (Å²) in [5, 5.41) is 11.3. The standard InChI is InChI=1S/C23H30ClN5O4S/c1-5-20(34(25,32)33)16(4)15(3)14-26-21(6-2)28-22(30)19-8-7-13-29(19)23(31)27-18-11-9-17(24)10-12-18/h5-6,9-12,14-15,19H,4,7-8,13H2,1-3H3,(H,27,31)(H,28,30)(H2,25,32,33)/b20-5+,21-6+,26-14-. The minimum atomic E-state index is -3.91. The number of nitrogens with one attached hydrogen (secondary N) is 2. The Morgan fingerprint density at radius 2 is 1.91 bits per heavy atom. The molecular weight excluding hydrogens is 478 g/mol. The number of halogens is 1. The maximum absolute atomic E-state index is 12.9. The van der Waals surface area contributed by atoms with E-state index in [2.05, 4.69) is 22.2 Å². The van der Waals surface area contributed by atoms with Gasteiger partial charge in [0.15, 0.2) is 0 Å². The molecule has 1 heterocycles. The molecule has 0 aliphatic carbocycles. The Hall–Kier alpha value is -2.95. The fraction of sp³-hybridized carbons (Fsp3) is 0.348. The maximum Gasteiger partial charge on any atom is 0.322 e. The molecular formula is C23H30ClN5O4S. The van der Waals surface area contributed by atoms with E-state index in [1.54, 1.807) is 51.1 Å². The van der Waals surface area contributed by atoms with Crippen LogP contribution in [-0.4, -0.2) is 44.1 Å². The lowest BCUT2D eigenvalue weighted by Gasteiger charge is -2.24. The molecule has 0 aromatic heterocycles. The van der Waals surface area contributed by atoms with E-state index in [9.17, 15) is 18.0 Å². The summed E-state index contributed by atoms with van der Waals surface area (Å²) < 4.78 is 23.4. The van der Waals surface area contributed by atoms with Gasteiger partial charge in [-0.15, -0.1) is 0 Å². The lowest BCUT2D eigenvalue weighted by atomic mass is 10.0. The molecule has 0 bridgehead atoms. The van der Waals surface area contributed by atoms with Crippen molar-refractivity contribution in [2.24, 2.45) is 16.0 Å². The number of anilines is 1. The van der Waals surface area contributed by atoms with E-state index in [-0.39, 0.29) is 28.2 Å².